The molecule has 0 atom stereocenters. The number of hydrogen-bond acceptors (Lipinski definition) is 9. The van der Waals surface area contributed by atoms with E-state index in [-0.39, 0.29) is 17.1 Å². The summed E-state index contributed by atoms with van der Waals surface area (Å²) in [5.74, 6) is 0.206. The van der Waals surface area contributed by atoms with Gasteiger partial charge >= 0.3 is 0 Å². The molecular formula is C20H15N5OS3. The van der Waals surface area contributed by atoms with Gasteiger partial charge in [-0.1, -0.05) is 47.4 Å². The molecule has 0 unspecified atom stereocenters. The van der Waals surface area contributed by atoms with Gasteiger partial charge < -0.3 is 10.4 Å². The summed E-state index contributed by atoms with van der Waals surface area (Å²) in [5.41, 5.74) is 3.11. The van der Waals surface area contributed by atoms with Crippen LogP contribution in [0.5, 0.6) is 0 Å². The lowest BCUT2D eigenvalue weighted by Crippen LogP contribution is -1.92. The summed E-state index contributed by atoms with van der Waals surface area (Å²) >= 11 is 4.12. The Kier molecular flexibility index (Phi) is 5.76. The normalized spacial score (nSPS) is 11.9. The molecule has 0 fully saturated rings. The average molecular weight is 438 g/mol. The van der Waals surface area contributed by atoms with Crippen molar-refractivity contribution in [2.45, 2.75) is 11.3 Å². The molecular weight excluding hydrogens is 422 g/mol. The van der Waals surface area contributed by atoms with Gasteiger partial charge in [0.15, 0.2) is 4.34 Å². The minimum atomic E-state index is -0.0139. The summed E-state index contributed by atoms with van der Waals surface area (Å²) in [6, 6.07) is 17.7. The maximum atomic E-state index is 10.5. The number of rotatable bonds is 6. The van der Waals surface area contributed by atoms with E-state index >= 15 is 0 Å². The van der Waals surface area contributed by atoms with Crippen LogP contribution in [-0.4, -0.2) is 26.0 Å². The Morgan fingerprint density at radius 3 is 2.83 bits per heavy atom. The summed E-state index contributed by atoms with van der Waals surface area (Å²) < 4.78 is 1.68. The number of nitrogens with zero attached hydrogens (tertiary/aromatic N) is 4. The van der Waals surface area contributed by atoms with Gasteiger partial charge in [0.2, 0.25) is 5.13 Å². The lowest BCUT2D eigenvalue weighted by molar-refractivity contribution is 0.421. The van der Waals surface area contributed by atoms with E-state index in [0.29, 0.717) is 14.5 Å². The summed E-state index contributed by atoms with van der Waals surface area (Å²) in [6.07, 6.45) is 0. The van der Waals surface area contributed by atoms with Crippen molar-refractivity contribution >= 4 is 61.0 Å². The molecule has 0 bridgehead atoms. The van der Waals surface area contributed by atoms with Crippen LogP contribution in [0.15, 0.2) is 58.6 Å². The number of nitriles is 1. The summed E-state index contributed by atoms with van der Waals surface area (Å²) in [4.78, 5) is 4.45. The Hall–Kier alpha value is -2.93. The van der Waals surface area contributed by atoms with Gasteiger partial charge in [-0.3, -0.25) is 0 Å². The molecule has 0 saturated heterocycles. The monoisotopic (exact) mass is 437 g/mol. The third-order valence-corrected chi connectivity index (χ3v) is 6.95. The summed E-state index contributed by atoms with van der Waals surface area (Å²) in [7, 11) is 0. The van der Waals surface area contributed by atoms with Gasteiger partial charge in [-0.25, -0.2) is 4.98 Å². The fourth-order valence-corrected chi connectivity index (χ4v) is 5.21. The highest BCUT2D eigenvalue weighted by atomic mass is 32.2. The minimum Gasteiger partial charge on any atom is -0.510 e. The van der Waals surface area contributed by atoms with Gasteiger partial charge in [0, 0.05) is 5.69 Å². The van der Waals surface area contributed by atoms with Crippen molar-refractivity contribution in [1.29, 1.82) is 5.26 Å². The van der Waals surface area contributed by atoms with Gasteiger partial charge in [-0.05, 0) is 36.8 Å². The first kappa shape index (κ1) is 19.4. The van der Waals surface area contributed by atoms with Crippen LogP contribution in [0, 0.1) is 18.3 Å². The number of aliphatic hydroxyl groups is 1. The van der Waals surface area contributed by atoms with Gasteiger partial charge in [-0.2, -0.15) is 5.26 Å². The molecule has 0 radical (unpaired) electrons. The third kappa shape index (κ3) is 4.56. The number of hydrogen-bond donors (Lipinski definition) is 2. The van der Waals surface area contributed by atoms with Crippen LogP contribution in [0.2, 0.25) is 0 Å². The molecule has 0 amide bonds. The number of nitrogens with one attached hydrogen (secondary N) is 1. The lowest BCUT2D eigenvalue weighted by atomic mass is 10.2. The predicted octanol–water partition coefficient (Wildman–Crippen LogP) is 5.78. The molecule has 4 aromatic rings. The number of aromatic nitrogens is 3. The van der Waals surface area contributed by atoms with Crippen molar-refractivity contribution in [1.82, 2.24) is 15.2 Å². The zero-order valence-corrected chi connectivity index (χ0v) is 17.7. The first-order chi connectivity index (χ1) is 14.1. The van der Waals surface area contributed by atoms with Gasteiger partial charge in [-0.15, -0.1) is 21.5 Å². The van der Waals surface area contributed by atoms with Crippen molar-refractivity contribution in [3.8, 4) is 6.07 Å². The molecule has 144 valence electrons. The van der Waals surface area contributed by atoms with Crippen LogP contribution in [-0.2, 0) is 0 Å². The molecule has 0 aliphatic rings. The second-order valence-electron chi connectivity index (χ2n) is 6.08. The van der Waals surface area contributed by atoms with Crippen LogP contribution in [0.25, 0.3) is 15.8 Å². The first-order valence-corrected chi connectivity index (χ1v) is 11.2. The van der Waals surface area contributed by atoms with Crippen LogP contribution in [0.3, 0.4) is 0 Å². The standard InChI is InChI=1S/C20H15N5OS3/c1-12-5-4-6-13(9-12)22-19-24-25-20(29-19)27-11-16(26)14(10-21)18-23-15-7-2-3-8-17(15)28-18/h2-9,26H,11H2,1H3,(H,22,24)/b16-14-. The SMILES string of the molecule is Cc1cccc(Nc2nnc(SC/C(O)=C(\C#N)c3nc4ccccc4s3)s2)c1. The molecule has 2 heterocycles. The third-order valence-electron chi connectivity index (χ3n) is 3.92. The molecule has 2 N–H and O–H groups in total. The number of allylic oxidation sites excluding steroid dienone is 1. The predicted molar refractivity (Wildman–Crippen MR) is 120 cm³/mol. The Morgan fingerprint density at radius 2 is 2.03 bits per heavy atom. The first-order valence-electron chi connectivity index (χ1n) is 8.60. The number of thiazole rings is 1. The van der Waals surface area contributed by atoms with E-state index in [0.717, 1.165) is 21.5 Å². The van der Waals surface area contributed by atoms with Crippen molar-refractivity contribution in [3.63, 3.8) is 0 Å². The molecule has 2 aromatic heterocycles. The molecule has 0 spiro atoms. The van der Waals surface area contributed by atoms with Crippen LogP contribution >= 0.6 is 34.4 Å². The smallest absolute Gasteiger partial charge is 0.210 e. The minimum absolute atomic E-state index is 0.0139. The highest BCUT2D eigenvalue weighted by molar-refractivity contribution is 8.01. The highest BCUT2D eigenvalue weighted by Crippen LogP contribution is 2.32. The van der Waals surface area contributed by atoms with Gasteiger partial charge in [0.05, 0.1) is 16.0 Å². The van der Waals surface area contributed by atoms with Crippen molar-refractivity contribution in [2.24, 2.45) is 0 Å². The maximum Gasteiger partial charge on any atom is 0.210 e. The fraction of sp³-hybridized carbons (Fsp3) is 0.100. The molecule has 2 aromatic carbocycles. The van der Waals surface area contributed by atoms with Crippen LogP contribution < -0.4 is 5.32 Å². The van der Waals surface area contributed by atoms with E-state index < -0.39 is 0 Å². The maximum absolute atomic E-state index is 10.5. The topological polar surface area (TPSA) is 94.7 Å². The number of aliphatic hydroxyl groups excluding tert-OH is 1. The second kappa shape index (κ2) is 8.61. The van der Waals surface area contributed by atoms with Gasteiger partial charge in [0.1, 0.15) is 22.4 Å². The van der Waals surface area contributed by atoms with Crippen molar-refractivity contribution in [3.05, 3.63) is 64.9 Å². The van der Waals surface area contributed by atoms with E-state index in [1.807, 2.05) is 55.5 Å². The molecule has 9 heteroatoms. The van der Waals surface area contributed by atoms with E-state index in [1.54, 1.807) is 0 Å². The quantitative estimate of drug-likeness (QED) is 0.224. The summed E-state index contributed by atoms with van der Waals surface area (Å²) in [6.45, 7) is 2.03. The van der Waals surface area contributed by atoms with E-state index in [4.69, 9.17) is 0 Å². The number of benzene rings is 2. The molecule has 0 saturated carbocycles. The van der Waals surface area contributed by atoms with E-state index in [9.17, 15) is 10.4 Å². The van der Waals surface area contributed by atoms with Crippen molar-refractivity contribution in [2.75, 3.05) is 11.1 Å². The fourth-order valence-electron chi connectivity index (χ4n) is 2.58. The lowest BCUT2D eigenvalue weighted by Gasteiger charge is -2.02. The Balaban J connectivity index is 1.46. The molecule has 4 rings (SSSR count). The van der Waals surface area contributed by atoms with E-state index in [2.05, 4.69) is 26.6 Å². The number of fused-ring (bicyclic) bond motifs is 1. The zero-order chi connectivity index (χ0) is 20.2. The number of anilines is 2. The summed E-state index contributed by atoms with van der Waals surface area (Å²) in [5, 5.41) is 32.7. The molecule has 6 nitrogen and oxygen atoms in total. The van der Waals surface area contributed by atoms with Crippen LogP contribution in [0.1, 0.15) is 10.6 Å². The Morgan fingerprint density at radius 1 is 1.17 bits per heavy atom. The molecule has 29 heavy (non-hydrogen) atoms. The molecule has 0 aliphatic carbocycles. The number of thioether (sulfide) groups is 1. The van der Waals surface area contributed by atoms with Crippen molar-refractivity contribution < 1.29 is 5.11 Å². The number of aryl methyl sites for hydroxylation is 1. The largest absolute Gasteiger partial charge is 0.510 e. The van der Waals surface area contributed by atoms with E-state index in [1.165, 1.54) is 34.4 Å². The highest BCUT2D eigenvalue weighted by Gasteiger charge is 2.15. The average Bonchev–Trinajstić information content (AvgIpc) is 3.33. The Bertz CT molecular complexity index is 1210. The number of para-hydroxylation sites is 1. The van der Waals surface area contributed by atoms with Crippen LogP contribution in [0.4, 0.5) is 10.8 Å². The van der Waals surface area contributed by atoms with Gasteiger partial charge in [0.25, 0.3) is 0 Å². The molecule has 0 aliphatic heterocycles. The second-order valence-corrected chi connectivity index (χ2v) is 9.31. The zero-order valence-electron chi connectivity index (χ0n) is 15.3. The Labute approximate surface area is 179 Å².